The number of rotatable bonds is 4. The fraction of sp³-hybridized carbons (Fsp3) is 0.0588. The van der Waals surface area contributed by atoms with Crippen molar-refractivity contribution >= 4 is 29.3 Å². The van der Waals surface area contributed by atoms with Crippen molar-refractivity contribution < 1.29 is 14.6 Å². The van der Waals surface area contributed by atoms with E-state index < -0.39 is 5.97 Å². The first-order valence-corrected chi connectivity index (χ1v) is 6.53. The van der Waals surface area contributed by atoms with Crippen LogP contribution in [0.15, 0.2) is 60.7 Å². The Balaban J connectivity index is 0.00000176. The minimum Gasteiger partial charge on any atom is -0.487 e. The van der Waals surface area contributed by atoms with Crippen molar-refractivity contribution in [1.82, 2.24) is 4.98 Å². The summed E-state index contributed by atoms with van der Waals surface area (Å²) in [5, 5.41) is 9.92. The lowest BCUT2D eigenvalue weighted by molar-refractivity contribution is 0.0697. The minimum absolute atomic E-state index is 0. The Morgan fingerprint density at radius 3 is 2.45 bits per heavy atom. The van der Waals surface area contributed by atoms with Crippen molar-refractivity contribution in [3.63, 3.8) is 0 Å². The van der Waals surface area contributed by atoms with E-state index in [-0.39, 0.29) is 18.0 Å². The number of halogens is 1. The van der Waals surface area contributed by atoms with Crippen LogP contribution in [-0.4, -0.2) is 16.1 Å². The number of para-hydroxylation sites is 1. The molecule has 3 aromatic rings. The Bertz CT molecular complexity index is 787. The maximum atomic E-state index is 10.8. The molecule has 0 spiro atoms. The van der Waals surface area contributed by atoms with E-state index in [4.69, 9.17) is 9.84 Å². The highest BCUT2D eigenvalue weighted by atomic mass is 35.5. The van der Waals surface area contributed by atoms with Gasteiger partial charge in [0.15, 0.2) is 0 Å². The van der Waals surface area contributed by atoms with Gasteiger partial charge in [-0.05, 0) is 36.4 Å². The van der Waals surface area contributed by atoms with Crippen molar-refractivity contribution in [2.45, 2.75) is 6.61 Å². The van der Waals surface area contributed by atoms with Crippen LogP contribution in [0.25, 0.3) is 10.9 Å². The van der Waals surface area contributed by atoms with E-state index in [2.05, 4.69) is 4.98 Å². The number of benzene rings is 2. The van der Waals surface area contributed by atoms with Gasteiger partial charge in [0, 0.05) is 5.39 Å². The van der Waals surface area contributed by atoms with Crippen LogP contribution >= 0.6 is 12.4 Å². The molecule has 1 aromatic heterocycles. The summed E-state index contributed by atoms with van der Waals surface area (Å²) < 4.78 is 5.62. The zero-order valence-corrected chi connectivity index (χ0v) is 12.4. The van der Waals surface area contributed by atoms with E-state index in [0.717, 1.165) is 16.6 Å². The summed E-state index contributed by atoms with van der Waals surface area (Å²) in [7, 11) is 0. The van der Waals surface area contributed by atoms with E-state index in [1.807, 2.05) is 36.4 Å². The van der Waals surface area contributed by atoms with Gasteiger partial charge in [-0.3, -0.25) is 0 Å². The number of fused-ring (bicyclic) bond motifs is 1. The van der Waals surface area contributed by atoms with E-state index in [0.29, 0.717) is 12.4 Å². The highest BCUT2D eigenvalue weighted by Gasteiger charge is 2.03. The number of nitrogens with zero attached hydrogens (tertiary/aromatic N) is 1. The third kappa shape index (κ3) is 3.54. The summed E-state index contributed by atoms with van der Waals surface area (Å²) >= 11 is 0. The molecule has 0 saturated carbocycles. The minimum atomic E-state index is -0.947. The molecule has 112 valence electrons. The summed E-state index contributed by atoms with van der Waals surface area (Å²) in [5.74, 6) is -0.326. The van der Waals surface area contributed by atoms with Crippen LogP contribution in [0.4, 0.5) is 0 Å². The Kier molecular flexibility index (Phi) is 4.96. The summed E-state index contributed by atoms with van der Waals surface area (Å²) in [6, 6.07) is 18.2. The second kappa shape index (κ2) is 6.91. The summed E-state index contributed by atoms with van der Waals surface area (Å²) in [6.07, 6.45) is 0. The Morgan fingerprint density at radius 2 is 1.73 bits per heavy atom. The van der Waals surface area contributed by atoms with Crippen molar-refractivity contribution in [3.05, 3.63) is 71.9 Å². The monoisotopic (exact) mass is 315 g/mol. The van der Waals surface area contributed by atoms with Crippen LogP contribution in [0.1, 0.15) is 16.1 Å². The average molecular weight is 316 g/mol. The average Bonchev–Trinajstić information content (AvgIpc) is 2.53. The third-order valence-electron chi connectivity index (χ3n) is 3.14. The molecule has 4 nitrogen and oxygen atoms in total. The van der Waals surface area contributed by atoms with Gasteiger partial charge in [0.1, 0.15) is 12.4 Å². The molecule has 0 aliphatic carbocycles. The molecule has 22 heavy (non-hydrogen) atoms. The van der Waals surface area contributed by atoms with Crippen molar-refractivity contribution in [1.29, 1.82) is 0 Å². The van der Waals surface area contributed by atoms with Gasteiger partial charge in [0.25, 0.3) is 0 Å². The van der Waals surface area contributed by atoms with Crippen molar-refractivity contribution in [3.8, 4) is 5.75 Å². The van der Waals surface area contributed by atoms with E-state index >= 15 is 0 Å². The van der Waals surface area contributed by atoms with Crippen LogP contribution in [-0.2, 0) is 6.61 Å². The molecule has 2 aromatic carbocycles. The van der Waals surface area contributed by atoms with Gasteiger partial charge in [0.05, 0.1) is 16.8 Å². The molecule has 1 heterocycles. The Hall–Kier alpha value is -2.59. The lowest BCUT2D eigenvalue weighted by atomic mass is 10.2. The maximum Gasteiger partial charge on any atom is 0.335 e. The number of hydrogen-bond donors (Lipinski definition) is 1. The van der Waals surface area contributed by atoms with Crippen LogP contribution in [0, 0.1) is 0 Å². The lowest BCUT2D eigenvalue weighted by Gasteiger charge is -2.07. The molecule has 0 fully saturated rings. The van der Waals surface area contributed by atoms with E-state index in [1.54, 1.807) is 12.1 Å². The Labute approximate surface area is 133 Å². The predicted octanol–water partition coefficient (Wildman–Crippen LogP) is 3.93. The first kappa shape index (κ1) is 15.8. The van der Waals surface area contributed by atoms with Gasteiger partial charge in [0.2, 0.25) is 0 Å². The molecule has 0 amide bonds. The smallest absolute Gasteiger partial charge is 0.335 e. The van der Waals surface area contributed by atoms with E-state index in [9.17, 15) is 4.79 Å². The zero-order valence-electron chi connectivity index (χ0n) is 11.6. The predicted molar refractivity (Wildman–Crippen MR) is 86.7 cm³/mol. The molecule has 0 atom stereocenters. The lowest BCUT2D eigenvalue weighted by Crippen LogP contribution is -1.99. The van der Waals surface area contributed by atoms with Crippen LogP contribution in [0.5, 0.6) is 5.75 Å². The topological polar surface area (TPSA) is 59.4 Å². The number of carboxylic acid groups (broad SMARTS) is 1. The number of ether oxygens (including phenoxy) is 1. The molecule has 0 unspecified atom stereocenters. The first-order valence-electron chi connectivity index (χ1n) is 6.53. The number of pyridine rings is 1. The zero-order chi connectivity index (χ0) is 14.7. The van der Waals surface area contributed by atoms with Gasteiger partial charge in [-0.1, -0.05) is 24.3 Å². The molecule has 0 aliphatic rings. The van der Waals surface area contributed by atoms with Crippen molar-refractivity contribution in [2.75, 3.05) is 0 Å². The molecule has 1 N–H and O–H groups in total. The number of aromatic carboxylic acids is 1. The molecular weight excluding hydrogens is 302 g/mol. The largest absolute Gasteiger partial charge is 0.487 e. The number of carbonyl (C=O) groups is 1. The van der Waals surface area contributed by atoms with E-state index in [1.165, 1.54) is 12.1 Å². The van der Waals surface area contributed by atoms with Gasteiger partial charge < -0.3 is 9.84 Å². The summed E-state index contributed by atoms with van der Waals surface area (Å²) in [5.41, 5.74) is 2.00. The summed E-state index contributed by atoms with van der Waals surface area (Å²) in [4.78, 5) is 15.3. The van der Waals surface area contributed by atoms with Crippen molar-refractivity contribution in [2.24, 2.45) is 0 Å². The fourth-order valence-corrected chi connectivity index (χ4v) is 2.04. The molecule has 3 rings (SSSR count). The second-order valence-corrected chi connectivity index (χ2v) is 4.61. The van der Waals surface area contributed by atoms with Gasteiger partial charge >= 0.3 is 5.97 Å². The molecule has 0 saturated heterocycles. The number of aromatic nitrogens is 1. The first-order chi connectivity index (χ1) is 10.2. The molecular formula is C17H14ClNO3. The highest BCUT2D eigenvalue weighted by Crippen LogP contribution is 2.16. The molecule has 0 aliphatic heterocycles. The molecule has 5 heteroatoms. The van der Waals surface area contributed by atoms with Crippen LogP contribution < -0.4 is 4.74 Å². The highest BCUT2D eigenvalue weighted by molar-refractivity contribution is 5.87. The SMILES string of the molecule is Cl.O=C(O)c1ccc(OCc2ccc3ccccc3n2)cc1. The quantitative estimate of drug-likeness (QED) is 0.792. The third-order valence-corrected chi connectivity index (χ3v) is 3.14. The standard InChI is InChI=1S/C17H13NO3.ClH/c19-17(20)13-6-9-15(10-7-13)21-11-14-8-5-12-3-1-2-4-16(12)18-14;/h1-10H,11H2,(H,19,20);1H. The van der Waals surface area contributed by atoms with Gasteiger partial charge in [-0.25, -0.2) is 9.78 Å². The van der Waals surface area contributed by atoms with Gasteiger partial charge in [-0.15, -0.1) is 12.4 Å². The Morgan fingerprint density at radius 1 is 1.00 bits per heavy atom. The molecule has 0 radical (unpaired) electrons. The maximum absolute atomic E-state index is 10.8. The molecule has 0 bridgehead atoms. The van der Waals surface area contributed by atoms with Gasteiger partial charge in [-0.2, -0.15) is 0 Å². The number of hydrogen-bond acceptors (Lipinski definition) is 3. The fourth-order valence-electron chi connectivity index (χ4n) is 2.04. The number of carboxylic acids is 1. The van der Waals surface area contributed by atoms with Crippen LogP contribution in [0.2, 0.25) is 0 Å². The normalized spacial score (nSPS) is 10.0. The summed E-state index contributed by atoms with van der Waals surface area (Å²) in [6.45, 7) is 0.344. The second-order valence-electron chi connectivity index (χ2n) is 4.61. The van der Waals surface area contributed by atoms with Crippen LogP contribution in [0.3, 0.4) is 0 Å².